The molecule has 2 aromatic heterocycles. The highest BCUT2D eigenvalue weighted by Crippen LogP contribution is 2.19. The summed E-state index contributed by atoms with van der Waals surface area (Å²) in [6.07, 6.45) is 3.09. The first-order chi connectivity index (χ1) is 9.28. The molecule has 0 amide bonds. The molecule has 0 saturated heterocycles. The zero-order valence-corrected chi connectivity index (χ0v) is 11.4. The predicted octanol–water partition coefficient (Wildman–Crippen LogP) is 3.52. The summed E-state index contributed by atoms with van der Waals surface area (Å²) in [4.78, 5) is 5.62. The lowest BCUT2D eigenvalue weighted by Crippen LogP contribution is -1.99. The first-order valence-electron chi connectivity index (χ1n) is 6.16. The molecule has 0 N–H and O–H groups in total. The van der Waals surface area contributed by atoms with Crippen molar-refractivity contribution in [1.82, 2.24) is 9.55 Å². The van der Waals surface area contributed by atoms with Crippen LogP contribution in [0.1, 0.15) is 16.1 Å². The van der Waals surface area contributed by atoms with Gasteiger partial charge in [0, 0.05) is 34.9 Å². The van der Waals surface area contributed by atoms with Gasteiger partial charge in [0.05, 0.1) is 22.8 Å². The molecule has 3 rings (SSSR count). The van der Waals surface area contributed by atoms with E-state index in [0.717, 1.165) is 24.0 Å². The van der Waals surface area contributed by atoms with Gasteiger partial charge in [-0.25, -0.2) is 4.98 Å². The van der Waals surface area contributed by atoms with Crippen LogP contribution in [0.15, 0.2) is 36.0 Å². The molecule has 0 bridgehead atoms. The van der Waals surface area contributed by atoms with Crippen LogP contribution in [-0.4, -0.2) is 9.55 Å². The van der Waals surface area contributed by atoms with Crippen LogP contribution in [0.25, 0.3) is 10.9 Å². The normalized spacial score (nSPS) is 10.7. The van der Waals surface area contributed by atoms with Gasteiger partial charge in [-0.05, 0) is 31.2 Å². The SMILES string of the molecule is Cc1ncsc1CCn1ccc2cc(C#N)ccc21. The summed E-state index contributed by atoms with van der Waals surface area (Å²) >= 11 is 1.72. The number of nitrogens with zero attached hydrogens (tertiary/aromatic N) is 3. The Hall–Kier alpha value is -2.12. The Kier molecular flexibility index (Phi) is 3.06. The lowest BCUT2D eigenvalue weighted by molar-refractivity contribution is 0.726. The number of aromatic nitrogens is 2. The van der Waals surface area contributed by atoms with E-state index in [1.54, 1.807) is 11.3 Å². The van der Waals surface area contributed by atoms with E-state index in [-0.39, 0.29) is 0 Å². The predicted molar refractivity (Wildman–Crippen MR) is 77.2 cm³/mol. The Morgan fingerprint density at radius 3 is 3.00 bits per heavy atom. The van der Waals surface area contributed by atoms with Crippen LogP contribution < -0.4 is 0 Å². The highest BCUT2D eigenvalue weighted by atomic mass is 32.1. The van der Waals surface area contributed by atoms with Gasteiger partial charge in [0.15, 0.2) is 0 Å². The third kappa shape index (κ3) is 2.25. The fraction of sp³-hybridized carbons (Fsp3) is 0.200. The van der Waals surface area contributed by atoms with Crippen LogP contribution >= 0.6 is 11.3 Å². The van der Waals surface area contributed by atoms with Gasteiger partial charge in [-0.1, -0.05) is 0 Å². The lowest BCUT2D eigenvalue weighted by atomic mass is 10.2. The molecule has 3 aromatic rings. The van der Waals surface area contributed by atoms with Gasteiger partial charge in [0.25, 0.3) is 0 Å². The fourth-order valence-corrected chi connectivity index (χ4v) is 3.02. The fourth-order valence-electron chi connectivity index (χ4n) is 2.25. The van der Waals surface area contributed by atoms with E-state index in [9.17, 15) is 0 Å². The van der Waals surface area contributed by atoms with E-state index in [1.165, 1.54) is 10.4 Å². The summed E-state index contributed by atoms with van der Waals surface area (Å²) in [5.74, 6) is 0. The topological polar surface area (TPSA) is 41.6 Å². The van der Waals surface area contributed by atoms with Gasteiger partial charge in [-0.15, -0.1) is 11.3 Å². The van der Waals surface area contributed by atoms with E-state index < -0.39 is 0 Å². The Bertz CT molecular complexity index is 761. The molecule has 0 radical (unpaired) electrons. The van der Waals surface area contributed by atoms with E-state index in [4.69, 9.17) is 5.26 Å². The van der Waals surface area contributed by atoms with Gasteiger partial charge in [-0.2, -0.15) is 5.26 Å². The first kappa shape index (κ1) is 11.9. The second kappa shape index (κ2) is 4.87. The third-order valence-corrected chi connectivity index (χ3v) is 4.32. The highest BCUT2D eigenvalue weighted by molar-refractivity contribution is 7.09. The summed E-state index contributed by atoms with van der Waals surface area (Å²) < 4.78 is 2.23. The summed E-state index contributed by atoms with van der Waals surface area (Å²) in [5.41, 5.74) is 4.93. The lowest BCUT2D eigenvalue weighted by Gasteiger charge is -2.04. The number of thiazole rings is 1. The van der Waals surface area contributed by atoms with E-state index in [2.05, 4.69) is 34.8 Å². The van der Waals surface area contributed by atoms with Crippen molar-refractivity contribution in [3.8, 4) is 6.07 Å². The monoisotopic (exact) mass is 267 g/mol. The average molecular weight is 267 g/mol. The zero-order chi connectivity index (χ0) is 13.2. The molecule has 0 spiro atoms. The highest BCUT2D eigenvalue weighted by Gasteiger charge is 2.05. The number of rotatable bonds is 3. The van der Waals surface area contributed by atoms with Gasteiger partial charge in [-0.3, -0.25) is 0 Å². The maximum absolute atomic E-state index is 8.90. The molecule has 0 aliphatic rings. The van der Waals surface area contributed by atoms with Gasteiger partial charge in [0.1, 0.15) is 0 Å². The number of hydrogen-bond acceptors (Lipinski definition) is 3. The van der Waals surface area contributed by atoms with E-state index in [0.29, 0.717) is 5.56 Å². The van der Waals surface area contributed by atoms with Crippen molar-refractivity contribution in [2.24, 2.45) is 0 Å². The molecule has 19 heavy (non-hydrogen) atoms. The molecule has 0 aliphatic heterocycles. The number of benzene rings is 1. The quantitative estimate of drug-likeness (QED) is 0.728. The molecule has 4 heteroatoms. The maximum Gasteiger partial charge on any atom is 0.0991 e. The van der Waals surface area contributed by atoms with Crippen molar-refractivity contribution in [2.45, 2.75) is 19.9 Å². The van der Waals surface area contributed by atoms with Gasteiger partial charge >= 0.3 is 0 Å². The number of nitriles is 1. The number of fused-ring (bicyclic) bond motifs is 1. The summed E-state index contributed by atoms with van der Waals surface area (Å²) in [6, 6.07) is 10.1. The number of hydrogen-bond donors (Lipinski definition) is 0. The van der Waals surface area contributed by atoms with Crippen LogP contribution in [0.4, 0.5) is 0 Å². The van der Waals surface area contributed by atoms with E-state index in [1.807, 2.05) is 23.7 Å². The minimum atomic E-state index is 0.712. The zero-order valence-electron chi connectivity index (χ0n) is 10.6. The Balaban J connectivity index is 1.86. The molecule has 3 nitrogen and oxygen atoms in total. The van der Waals surface area contributed by atoms with E-state index >= 15 is 0 Å². The summed E-state index contributed by atoms with van der Waals surface area (Å²) in [5, 5.41) is 10.0. The van der Waals surface area contributed by atoms with Gasteiger partial charge < -0.3 is 4.57 Å². The van der Waals surface area contributed by atoms with Crippen molar-refractivity contribution >= 4 is 22.2 Å². The molecule has 0 aliphatic carbocycles. The molecule has 1 aromatic carbocycles. The Morgan fingerprint density at radius 2 is 2.26 bits per heavy atom. The minimum absolute atomic E-state index is 0.712. The standard InChI is InChI=1S/C15H13N3S/c1-11-15(19-10-17-11)5-7-18-6-4-13-8-12(9-16)2-3-14(13)18/h2-4,6,8,10H,5,7H2,1H3. The molecule has 2 heterocycles. The molecular formula is C15H13N3S. The second-order valence-electron chi connectivity index (χ2n) is 4.51. The summed E-state index contributed by atoms with van der Waals surface area (Å²) in [6.45, 7) is 3.00. The van der Waals surface area contributed by atoms with Crippen molar-refractivity contribution in [2.75, 3.05) is 0 Å². The van der Waals surface area contributed by atoms with Crippen molar-refractivity contribution in [1.29, 1.82) is 5.26 Å². The van der Waals surface area contributed by atoms with Crippen LogP contribution in [-0.2, 0) is 13.0 Å². The largest absolute Gasteiger partial charge is 0.347 e. The van der Waals surface area contributed by atoms with Crippen LogP contribution in [0.5, 0.6) is 0 Å². The maximum atomic E-state index is 8.90. The third-order valence-electron chi connectivity index (χ3n) is 3.32. The minimum Gasteiger partial charge on any atom is -0.347 e. The number of aryl methyl sites for hydroxylation is 3. The second-order valence-corrected chi connectivity index (χ2v) is 5.44. The average Bonchev–Trinajstić information content (AvgIpc) is 3.02. The molecule has 0 saturated carbocycles. The van der Waals surface area contributed by atoms with Crippen LogP contribution in [0, 0.1) is 18.3 Å². The van der Waals surface area contributed by atoms with Crippen LogP contribution in [0.2, 0.25) is 0 Å². The molecule has 0 fully saturated rings. The molecule has 0 atom stereocenters. The smallest absolute Gasteiger partial charge is 0.0991 e. The van der Waals surface area contributed by atoms with Crippen molar-refractivity contribution < 1.29 is 0 Å². The van der Waals surface area contributed by atoms with Crippen LogP contribution in [0.3, 0.4) is 0 Å². The van der Waals surface area contributed by atoms with Gasteiger partial charge in [0.2, 0.25) is 0 Å². The molecular weight excluding hydrogens is 254 g/mol. The molecule has 94 valence electrons. The Morgan fingerprint density at radius 1 is 1.37 bits per heavy atom. The molecule has 0 unspecified atom stereocenters. The first-order valence-corrected chi connectivity index (χ1v) is 7.04. The Labute approximate surface area is 115 Å². The van der Waals surface area contributed by atoms with Crippen molar-refractivity contribution in [3.63, 3.8) is 0 Å². The summed E-state index contributed by atoms with van der Waals surface area (Å²) in [7, 11) is 0. The van der Waals surface area contributed by atoms with Crippen molar-refractivity contribution in [3.05, 3.63) is 52.1 Å².